The van der Waals surface area contributed by atoms with Gasteiger partial charge >= 0.3 is 0 Å². The van der Waals surface area contributed by atoms with Gasteiger partial charge in [0.1, 0.15) is 5.52 Å². The van der Waals surface area contributed by atoms with Gasteiger partial charge in [-0.2, -0.15) is 0 Å². The summed E-state index contributed by atoms with van der Waals surface area (Å²) in [4.78, 5) is 11.4. The number of aryl methyl sites for hydroxylation is 1. The molecule has 0 saturated heterocycles. The molecule has 0 N–H and O–H groups in total. The summed E-state index contributed by atoms with van der Waals surface area (Å²) in [5, 5.41) is 0.344. The first-order valence-electron chi connectivity index (χ1n) is 6.38. The Bertz CT molecular complexity index is 937. The smallest absolute Gasteiger partial charge is 0.209 e. The van der Waals surface area contributed by atoms with Crippen LogP contribution in [0.15, 0.2) is 47.0 Å². The topological polar surface area (TPSA) is 43.9 Å². The van der Waals surface area contributed by atoms with E-state index >= 15 is 0 Å². The Morgan fingerprint density at radius 2 is 2.10 bits per heavy atom. The highest BCUT2D eigenvalue weighted by molar-refractivity contribution is 7.15. The van der Waals surface area contributed by atoms with E-state index in [4.69, 9.17) is 16.0 Å². The first-order valence-corrected chi connectivity index (χ1v) is 7.58. The molecule has 4 aromatic rings. The fraction of sp³-hybridized carbons (Fsp3) is 0.0667. The Morgan fingerprint density at radius 1 is 1.19 bits per heavy atom. The second-order valence-corrected chi connectivity index (χ2v) is 6.27. The summed E-state index contributed by atoms with van der Waals surface area (Å²) in [6.07, 6.45) is 1.74. The van der Waals surface area contributed by atoms with Gasteiger partial charge in [0.2, 0.25) is 5.88 Å². The van der Waals surface area contributed by atoms with Crippen molar-refractivity contribution in [3.05, 3.63) is 52.7 Å². The molecular formula is C15H10ClN3OS. The molecule has 0 aliphatic rings. The zero-order valence-electron chi connectivity index (χ0n) is 11.1. The number of imidazole rings is 1. The third-order valence-corrected chi connectivity index (χ3v) is 4.36. The van der Waals surface area contributed by atoms with Gasteiger partial charge < -0.3 is 4.42 Å². The van der Waals surface area contributed by atoms with Gasteiger partial charge in [-0.05, 0) is 48.9 Å². The average molecular weight is 316 g/mol. The van der Waals surface area contributed by atoms with Crippen LogP contribution < -0.4 is 0 Å². The Kier molecular flexibility index (Phi) is 2.83. The van der Waals surface area contributed by atoms with Gasteiger partial charge in [0.15, 0.2) is 16.7 Å². The van der Waals surface area contributed by atoms with E-state index in [0.29, 0.717) is 11.1 Å². The molecule has 6 heteroatoms. The number of rotatable bonds is 2. The predicted molar refractivity (Wildman–Crippen MR) is 84.2 cm³/mol. The molecule has 0 spiro atoms. The summed E-state index contributed by atoms with van der Waals surface area (Å²) in [6, 6.07) is 11.5. The molecule has 0 atom stereocenters. The minimum atomic E-state index is 0.344. The minimum absolute atomic E-state index is 0.344. The van der Waals surface area contributed by atoms with Crippen LogP contribution in [0.25, 0.3) is 27.7 Å². The quantitative estimate of drug-likeness (QED) is 0.538. The molecule has 21 heavy (non-hydrogen) atoms. The van der Waals surface area contributed by atoms with Gasteiger partial charge in [-0.1, -0.05) is 0 Å². The van der Waals surface area contributed by atoms with Crippen LogP contribution in [0.5, 0.6) is 0 Å². The lowest BCUT2D eigenvalue weighted by molar-refractivity contribution is 0.544. The first-order chi connectivity index (χ1) is 10.2. The number of aromatic nitrogens is 3. The minimum Gasteiger partial charge on any atom is -0.428 e. The normalized spacial score (nSPS) is 11.3. The van der Waals surface area contributed by atoms with Crippen molar-refractivity contribution in [2.75, 3.05) is 0 Å². The standard InChI is InChI=1S/C15H10ClN3OS/c1-9-4-5-11(21-9)15-18-10-3-2-8-17-14(10)19(15)13-7-6-12(16)20-13/h2-8H,1H3. The highest BCUT2D eigenvalue weighted by Crippen LogP contribution is 2.32. The lowest BCUT2D eigenvalue weighted by Crippen LogP contribution is -1.95. The average Bonchev–Trinajstić information content (AvgIpc) is 3.16. The fourth-order valence-corrected chi connectivity index (χ4v) is 3.26. The second kappa shape index (κ2) is 4.72. The van der Waals surface area contributed by atoms with Crippen LogP contribution >= 0.6 is 22.9 Å². The summed E-state index contributed by atoms with van der Waals surface area (Å²) in [5.74, 6) is 1.43. The van der Waals surface area contributed by atoms with Crippen LogP contribution in [0, 0.1) is 6.92 Å². The van der Waals surface area contributed by atoms with Crippen molar-refractivity contribution in [3.8, 4) is 16.6 Å². The van der Waals surface area contributed by atoms with Crippen molar-refractivity contribution >= 4 is 34.1 Å². The Labute approximate surface area is 129 Å². The molecule has 0 fully saturated rings. The molecule has 4 rings (SSSR count). The van der Waals surface area contributed by atoms with Crippen LogP contribution in [0.3, 0.4) is 0 Å². The summed E-state index contributed by atoms with van der Waals surface area (Å²) >= 11 is 7.60. The molecular weight excluding hydrogens is 306 g/mol. The summed E-state index contributed by atoms with van der Waals surface area (Å²) in [5.41, 5.74) is 1.58. The third-order valence-electron chi connectivity index (χ3n) is 3.16. The van der Waals surface area contributed by atoms with E-state index in [1.54, 1.807) is 23.6 Å². The number of thiophene rings is 1. The molecule has 0 amide bonds. The van der Waals surface area contributed by atoms with Gasteiger partial charge in [-0.3, -0.25) is 0 Å². The van der Waals surface area contributed by atoms with Crippen molar-refractivity contribution in [1.29, 1.82) is 0 Å². The van der Waals surface area contributed by atoms with Crippen LogP contribution in [0.4, 0.5) is 0 Å². The Hall–Kier alpha value is -2.11. The molecule has 0 aromatic carbocycles. The SMILES string of the molecule is Cc1ccc(-c2nc3cccnc3n2-c2ccc(Cl)o2)s1. The Morgan fingerprint density at radius 3 is 2.81 bits per heavy atom. The van der Waals surface area contributed by atoms with Gasteiger partial charge in [-0.15, -0.1) is 11.3 Å². The van der Waals surface area contributed by atoms with E-state index in [1.165, 1.54) is 4.88 Å². The molecule has 0 unspecified atom stereocenters. The number of fused-ring (bicyclic) bond motifs is 1. The van der Waals surface area contributed by atoms with Crippen LogP contribution in [-0.4, -0.2) is 14.5 Å². The zero-order chi connectivity index (χ0) is 14.4. The highest BCUT2D eigenvalue weighted by atomic mass is 35.5. The molecule has 0 bridgehead atoms. The maximum absolute atomic E-state index is 5.91. The Balaban J connectivity index is 2.06. The molecule has 4 aromatic heterocycles. The maximum atomic E-state index is 5.91. The number of hydrogen-bond acceptors (Lipinski definition) is 4. The number of pyridine rings is 1. The molecule has 0 aliphatic heterocycles. The molecule has 4 nitrogen and oxygen atoms in total. The van der Waals surface area contributed by atoms with Crippen molar-refractivity contribution in [3.63, 3.8) is 0 Å². The van der Waals surface area contributed by atoms with E-state index in [2.05, 4.69) is 29.0 Å². The van der Waals surface area contributed by atoms with E-state index in [0.717, 1.165) is 21.9 Å². The fourth-order valence-electron chi connectivity index (χ4n) is 2.27. The van der Waals surface area contributed by atoms with Crippen molar-refractivity contribution < 1.29 is 4.42 Å². The van der Waals surface area contributed by atoms with Crippen molar-refractivity contribution in [2.24, 2.45) is 0 Å². The third kappa shape index (κ3) is 2.05. The van der Waals surface area contributed by atoms with Crippen LogP contribution in [0.1, 0.15) is 4.88 Å². The molecule has 104 valence electrons. The van der Waals surface area contributed by atoms with Gasteiger partial charge in [-0.25, -0.2) is 14.5 Å². The van der Waals surface area contributed by atoms with Gasteiger partial charge in [0, 0.05) is 17.1 Å². The zero-order valence-corrected chi connectivity index (χ0v) is 12.6. The van der Waals surface area contributed by atoms with Crippen molar-refractivity contribution in [2.45, 2.75) is 6.92 Å². The number of hydrogen-bond donors (Lipinski definition) is 0. The summed E-state index contributed by atoms with van der Waals surface area (Å²) in [7, 11) is 0. The summed E-state index contributed by atoms with van der Waals surface area (Å²) < 4.78 is 7.45. The van der Waals surface area contributed by atoms with Crippen molar-refractivity contribution in [1.82, 2.24) is 14.5 Å². The molecule has 0 saturated carbocycles. The van der Waals surface area contributed by atoms with Gasteiger partial charge in [0.05, 0.1) is 4.88 Å². The number of furan rings is 1. The monoisotopic (exact) mass is 315 g/mol. The summed E-state index contributed by atoms with van der Waals surface area (Å²) in [6.45, 7) is 2.07. The maximum Gasteiger partial charge on any atom is 0.209 e. The lowest BCUT2D eigenvalue weighted by Gasteiger charge is -2.03. The van der Waals surface area contributed by atoms with E-state index < -0.39 is 0 Å². The lowest BCUT2D eigenvalue weighted by atomic mass is 10.4. The molecule has 0 radical (unpaired) electrons. The second-order valence-electron chi connectivity index (χ2n) is 4.60. The largest absolute Gasteiger partial charge is 0.428 e. The number of nitrogens with zero attached hydrogens (tertiary/aromatic N) is 3. The first kappa shape index (κ1) is 12.6. The van der Waals surface area contributed by atoms with E-state index in [-0.39, 0.29) is 0 Å². The predicted octanol–water partition coefficient (Wildman–Crippen LogP) is 4.70. The van der Waals surface area contributed by atoms with Crippen LogP contribution in [-0.2, 0) is 0 Å². The van der Waals surface area contributed by atoms with Crippen LogP contribution in [0.2, 0.25) is 5.22 Å². The molecule has 4 heterocycles. The number of halogens is 1. The van der Waals surface area contributed by atoms with E-state index in [1.807, 2.05) is 22.8 Å². The van der Waals surface area contributed by atoms with E-state index in [9.17, 15) is 0 Å². The highest BCUT2D eigenvalue weighted by Gasteiger charge is 2.18. The van der Waals surface area contributed by atoms with Gasteiger partial charge in [0.25, 0.3) is 0 Å². The molecule has 0 aliphatic carbocycles.